The van der Waals surface area contributed by atoms with Crippen LogP contribution < -0.4 is 5.59 Å². The van der Waals surface area contributed by atoms with Crippen molar-refractivity contribution in [3.8, 4) is 0 Å². The van der Waals surface area contributed by atoms with E-state index < -0.39 is 0 Å². The summed E-state index contributed by atoms with van der Waals surface area (Å²) in [5, 5.41) is 1.36. The van der Waals surface area contributed by atoms with Crippen molar-refractivity contribution in [1.29, 1.82) is 0 Å². The molecule has 2 aliphatic rings. The molecule has 0 amide bonds. The minimum atomic E-state index is -0.297. The van der Waals surface area contributed by atoms with E-state index in [1.54, 1.807) is 0 Å². The molecular formula is C18H24BNO2. The molecule has 0 spiro atoms. The Morgan fingerprint density at radius 2 is 1.64 bits per heavy atom. The van der Waals surface area contributed by atoms with Crippen LogP contribution in [0.15, 0.2) is 24.3 Å². The Kier molecular flexibility index (Phi) is 2.86. The van der Waals surface area contributed by atoms with Crippen molar-refractivity contribution < 1.29 is 9.31 Å². The normalized spacial score (nSPS) is 23.4. The van der Waals surface area contributed by atoms with Crippen LogP contribution in [0.2, 0.25) is 0 Å². The summed E-state index contributed by atoms with van der Waals surface area (Å²) in [6, 6.07) is 8.66. The summed E-state index contributed by atoms with van der Waals surface area (Å²) < 4.78 is 14.9. The van der Waals surface area contributed by atoms with E-state index in [1.807, 2.05) is 0 Å². The Bertz CT molecular complexity index is 727. The van der Waals surface area contributed by atoms with Crippen LogP contribution in [0.1, 0.15) is 52.0 Å². The van der Waals surface area contributed by atoms with Crippen molar-refractivity contribution in [2.45, 2.75) is 57.7 Å². The highest BCUT2D eigenvalue weighted by molar-refractivity contribution is 6.62. The molecule has 2 aromatic rings. The van der Waals surface area contributed by atoms with Gasteiger partial charge >= 0.3 is 7.12 Å². The van der Waals surface area contributed by atoms with E-state index in [4.69, 9.17) is 9.31 Å². The van der Waals surface area contributed by atoms with E-state index in [9.17, 15) is 0 Å². The minimum Gasteiger partial charge on any atom is -0.398 e. The van der Waals surface area contributed by atoms with Crippen molar-refractivity contribution in [2.75, 3.05) is 0 Å². The molecule has 2 heterocycles. The van der Waals surface area contributed by atoms with Gasteiger partial charge in [-0.3, -0.25) is 0 Å². The van der Waals surface area contributed by atoms with Crippen molar-refractivity contribution in [3.05, 3.63) is 29.8 Å². The molecule has 0 unspecified atom stereocenters. The van der Waals surface area contributed by atoms with Gasteiger partial charge in [-0.2, -0.15) is 0 Å². The Labute approximate surface area is 132 Å². The molecule has 0 N–H and O–H groups in total. The summed E-state index contributed by atoms with van der Waals surface area (Å²) >= 11 is 0. The van der Waals surface area contributed by atoms with Crippen molar-refractivity contribution in [3.63, 3.8) is 0 Å². The molecule has 4 rings (SSSR count). The van der Waals surface area contributed by atoms with Crippen molar-refractivity contribution >= 4 is 23.6 Å². The van der Waals surface area contributed by atoms with Gasteiger partial charge in [0.05, 0.1) is 16.8 Å². The highest BCUT2D eigenvalue weighted by atomic mass is 16.7. The predicted octanol–water partition coefficient (Wildman–Crippen LogP) is 3.35. The monoisotopic (exact) mass is 297 g/mol. The molecule has 1 aliphatic carbocycles. The van der Waals surface area contributed by atoms with Crippen LogP contribution in [-0.4, -0.2) is 22.9 Å². The molecule has 116 valence electrons. The van der Waals surface area contributed by atoms with Crippen molar-refractivity contribution in [2.24, 2.45) is 7.05 Å². The van der Waals surface area contributed by atoms with E-state index in [0.717, 1.165) is 0 Å². The molecule has 1 saturated carbocycles. The summed E-state index contributed by atoms with van der Waals surface area (Å²) in [6.07, 6.45) is 2.56. The van der Waals surface area contributed by atoms with Gasteiger partial charge in [-0.05, 0) is 58.1 Å². The molecule has 3 nitrogen and oxygen atoms in total. The van der Waals surface area contributed by atoms with Crippen LogP contribution in [0.25, 0.3) is 10.9 Å². The van der Waals surface area contributed by atoms with Gasteiger partial charge in [0.1, 0.15) is 0 Å². The number of para-hydroxylation sites is 1. The van der Waals surface area contributed by atoms with E-state index in [-0.39, 0.29) is 18.3 Å². The zero-order chi connectivity index (χ0) is 15.7. The topological polar surface area (TPSA) is 23.4 Å². The van der Waals surface area contributed by atoms with Gasteiger partial charge in [0, 0.05) is 18.0 Å². The maximum absolute atomic E-state index is 6.34. The van der Waals surface area contributed by atoms with Crippen molar-refractivity contribution in [1.82, 2.24) is 4.57 Å². The summed E-state index contributed by atoms with van der Waals surface area (Å²) in [6.45, 7) is 8.47. The molecular weight excluding hydrogens is 273 g/mol. The van der Waals surface area contributed by atoms with E-state index >= 15 is 0 Å². The molecule has 1 aliphatic heterocycles. The number of aromatic nitrogens is 1. The second kappa shape index (κ2) is 4.39. The fourth-order valence-electron chi connectivity index (χ4n) is 3.48. The Morgan fingerprint density at radius 1 is 1.05 bits per heavy atom. The molecule has 2 fully saturated rings. The van der Waals surface area contributed by atoms with E-state index in [2.05, 4.69) is 63.6 Å². The second-order valence-electron chi connectivity index (χ2n) is 7.74. The fourth-order valence-corrected chi connectivity index (χ4v) is 3.48. The first-order valence-electron chi connectivity index (χ1n) is 8.25. The Morgan fingerprint density at radius 3 is 2.23 bits per heavy atom. The fraction of sp³-hybridized carbons (Fsp3) is 0.556. The first-order valence-corrected chi connectivity index (χ1v) is 8.25. The van der Waals surface area contributed by atoms with Crippen LogP contribution in [0.5, 0.6) is 0 Å². The SMILES string of the molecule is Cn1c(B2OC(C)(C)C(C)(C)O2)c(C2CC2)c2ccccc21. The van der Waals surface area contributed by atoms with Crippen LogP contribution in [0, 0.1) is 0 Å². The number of hydrogen-bond donors (Lipinski definition) is 0. The summed E-state index contributed by atoms with van der Waals surface area (Å²) in [4.78, 5) is 0. The number of nitrogens with zero attached hydrogens (tertiary/aromatic N) is 1. The number of aryl methyl sites for hydroxylation is 1. The quantitative estimate of drug-likeness (QED) is 0.794. The van der Waals surface area contributed by atoms with Crippen LogP contribution in [-0.2, 0) is 16.4 Å². The summed E-state index contributed by atoms with van der Waals surface area (Å²) in [5.74, 6) is 0.667. The van der Waals surface area contributed by atoms with Gasteiger partial charge in [-0.15, -0.1) is 0 Å². The van der Waals surface area contributed by atoms with Gasteiger partial charge in [-0.25, -0.2) is 0 Å². The number of fused-ring (bicyclic) bond motifs is 1. The molecule has 0 bridgehead atoms. The third-order valence-electron chi connectivity index (χ3n) is 5.65. The average molecular weight is 297 g/mol. The molecule has 1 saturated heterocycles. The minimum absolute atomic E-state index is 0.280. The molecule has 1 aromatic carbocycles. The number of benzene rings is 1. The lowest BCUT2D eigenvalue weighted by molar-refractivity contribution is 0.00578. The molecule has 0 radical (unpaired) electrons. The van der Waals surface area contributed by atoms with Crippen LogP contribution in [0.3, 0.4) is 0 Å². The van der Waals surface area contributed by atoms with Gasteiger partial charge in [0.15, 0.2) is 0 Å². The van der Waals surface area contributed by atoms with Crippen LogP contribution >= 0.6 is 0 Å². The molecule has 0 atom stereocenters. The average Bonchev–Trinajstić information content (AvgIpc) is 3.19. The first kappa shape index (κ1) is 14.3. The van der Waals surface area contributed by atoms with E-state index in [0.29, 0.717) is 5.92 Å². The second-order valence-corrected chi connectivity index (χ2v) is 7.74. The summed E-state index contributed by atoms with van der Waals surface area (Å²) in [7, 11) is 1.85. The third-order valence-corrected chi connectivity index (χ3v) is 5.65. The predicted molar refractivity (Wildman–Crippen MR) is 90.6 cm³/mol. The van der Waals surface area contributed by atoms with Crippen LogP contribution in [0.4, 0.5) is 0 Å². The zero-order valence-corrected chi connectivity index (χ0v) is 14.1. The lowest BCUT2D eigenvalue weighted by Crippen LogP contribution is -2.41. The first-order chi connectivity index (χ1) is 10.3. The zero-order valence-electron chi connectivity index (χ0n) is 14.1. The molecule has 4 heteroatoms. The lowest BCUT2D eigenvalue weighted by atomic mass is 9.80. The Hall–Kier alpha value is -1.26. The highest BCUT2D eigenvalue weighted by Gasteiger charge is 2.54. The number of hydrogen-bond acceptors (Lipinski definition) is 2. The molecule has 1 aromatic heterocycles. The largest absolute Gasteiger partial charge is 0.512 e. The maximum Gasteiger partial charge on any atom is 0.512 e. The van der Waals surface area contributed by atoms with E-state index in [1.165, 1.54) is 34.9 Å². The third kappa shape index (κ3) is 1.90. The van der Waals surface area contributed by atoms with Gasteiger partial charge in [0.2, 0.25) is 0 Å². The van der Waals surface area contributed by atoms with Gasteiger partial charge in [-0.1, -0.05) is 18.2 Å². The van der Waals surface area contributed by atoms with Gasteiger partial charge in [0.25, 0.3) is 0 Å². The lowest BCUT2D eigenvalue weighted by Gasteiger charge is -2.32. The highest BCUT2D eigenvalue weighted by Crippen LogP contribution is 2.44. The van der Waals surface area contributed by atoms with Gasteiger partial charge < -0.3 is 13.9 Å². The number of rotatable bonds is 2. The maximum atomic E-state index is 6.34. The smallest absolute Gasteiger partial charge is 0.398 e. The summed E-state index contributed by atoms with van der Waals surface area (Å²) in [5.41, 5.74) is 3.33. The Balaban J connectivity index is 1.89. The standard InChI is InChI=1S/C18H24BNO2/c1-17(2)18(3,4)22-19(21-17)16-15(12-10-11-12)13-8-6-7-9-14(13)20(16)5/h6-9,12H,10-11H2,1-5H3. The molecule has 22 heavy (non-hydrogen) atoms.